The predicted octanol–water partition coefficient (Wildman–Crippen LogP) is 0.856. The standard InChI is InChI=1S/C14H21N3O3S.ClH/c1-11(15)14(18)16-10-12-4-6-13(7-5-12)21(19,20)17-8-2-3-9-17;/h4-7,11H,2-3,8-10,15H2,1H3,(H,16,18);1H/t11-;/m0./s1. The van der Waals surface area contributed by atoms with Gasteiger partial charge in [0.1, 0.15) is 0 Å². The van der Waals surface area contributed by atoms with Crippen LogP contribution in [0.4, 0.5) is 0 Å². The number of nitrogens with one attached hydrogen (secondary N) is 1. The van der Waals surface area contributed by atoms with Gasteiger partial charge in [0.25, 0.3) is 0 Å². The van der Waals surface area contributed by atoms with Gasteiger partial charge in [0.05, 0.1) is 10.9 Å². The molecule has 1 atom stereocenters. The minimum atomic E-state index is -3.37. The van der Waals surface area contributed by atoms with Gasteiger partial charge in [0.15, 0.2) is 0 Å². The van der Waals surface area contributed by atoms with E-state index in [0.717, 1.165) is 18.4 Å². The molecule has 1 aliphatic heterocycles. The average Bonchev–Trinajstić information content (AvgIpc) is 3.00. The van der Waals surface area contributed by atoms with Gasteiger partial charge in [0.2, 0.25) is 15.9 Å². The molecule has 1 aliphatic rings. The number of hydrogen-bond acceptors (Lipinski definition) is 4. The molecule has 1 saturated heterocycles. The quantitative estimate of drug-likeness (QED) is 0.826. The van der Waals surface area contributed by atoms with E-state index < -0.39 is 16.1 Å². The molecular formula is C14H22ClN3O3S. The van der Waals surface area contributed by atoms with Gasteiger partial charge in [-0.05, 0) is 37.5 Å². The molecule has 0 unspecified atom stereocenters. The topological polar surface area (TPSA) is 92.5 Å². The number of halogens is 1. The van der Waals surface area contributed by atoms with E-state index in [1.807, 2.05) is 0 Å². The third kappa shape index (κ3) is 4.42. The van der Waals surface area contributed by atoms with Crippen LogP contribution in [0.25, 0.3) is 0 Å². The second-order valence-electron chi connectivity index (χ2n) is 5.26. The largest absolute Gasteiger partial charge is 0.351 e. The number of nitrogens with two attached hydrogens (primary N) is 1. The number of carbonyl (C=O) groups excluding carboxylic acids is 1. The molecule has 6 nitrogen and oxygen atoms in total. The highest BCUT2D eigenvalue weighted by Gasteiger charge is 2.26. The zero-order valence-corrected chi connectivity index (χ0v) is 14.1. The van der Waals surface area contributed by atoms with E-state index in [0.29, 0.717) is 24.5 Å². The molecule has 1 aromatic rings. The first kappa shape index (κ1) is 18.9. The van der Waals surface area contributed by atoms with E-state index in [1.54, 1.807) is 31.2 Å². The lowest BCUT2D eigenvalue weighted by atomic mass is 10.2. The van der Waals surface area contributed by atoms with Gasteiger partial charge >= 0.3 is 0 Å². The average molecular weight is 348 g/mol. The predicted molar refractivity (Wildman–Crippen MR) is 87.2 cm³/mol. The van der Waals surface area contributed by atoms with Crippen molar-refractivity contribution in [1.82, 2.24) is 9.62 Å². The number of nitrogens with zero attached hydrogens (tertiary/aromatic N) is 1. The Kier molecular flexibility index (Phi) is 6.80. The molecule has 22 heavy (non-hydrogen) atoms. The summed E-state index contributed by atoms with van der Waals surface area (Å²) in [5, 5.41) is 2.69. The summed E-state index contributed by atoms with van der Waals surface area (Å²) in [6, 6.07) is 6.04. The normalized spacial score (nSPS) is 16.8. The summed E-state index contributed by atoms with van der Waals surface area (Å²) >= 11 is 0. The smallest absolute Gasteiger partial charge is 0.243 e. The van der Waals surface area contributed by atoms with E-state index in [2.05, 4.69) is 5.32 Å². The van der Waals surface area contributed by atoms with Crippen LogP contribution < -0.4 is 11.1 Å². The van der Waals surface area contributed by atoms with Crippen molar-refractivity contribution in [3.63, 3.8) is 0 Å². The number of carbonyl (C=O) groups is 1. The molecule has 0 radical (unpaired) electrons. The fraction of sp³-hybridized carbons (Fsp3) is 0.500. The van der Waals surface area contributed by atoms with E-state index in [4.69, 9.17) is 5.73 Å². The van der Waals surface area contributed by atoms with Crippen LogP contribution in [0.1, 0.15) is 25.3 Å². The fourth-order valence-electron chi connectivity index (χ4n) is 2.21. The summed E-state index contributed by atoms with van der Waals surface area (Å²) in [6.07, 6.45) is 1.83. The number of benzene rings is 1. The summed E-state index contributed by atoms with van der Waals surface area (Å²) in [5.74, 6) is -0.233. The minimum Gasteiger partial charge on any atom is -0.351 e. The van der Waals surface area contributed by atoms with Crippen LogP contribution in [0, 0.1) is 0 Å². The molecule has 3 N–H and O–H groups in total. The Morgan fingerprint density at radius 2 is 1.82 bits per heavy atom. The number of rotatable bonds is 5. The van der Waals surface area contributed by atoms with Crippen molar-refractivity contribution in [2.75, 3.05) is 13.1 Å². The van der Waals surface area contributed by atoms with Crippen molar-refractivity contribution < 1.29 is 13.2 Å². The molecule has 8 heteroatoms. The van der Waals surface area contributed by atoms with Crippen LogP contribution in [-0.2, 0) is 21.4 Å². The van der Waals surface area contributed by atoms with Gasteiger partial charge in [-0.1, -0.05) is 12.1 Å². The highest BCUT2D eigenvalue weighted by molar-refractivity contribution is 7.89. The summed E-state index contributed by atoms with van der Waals surface area (Å²) in [4.78, 5) is 11.7. The Labute approximate surface area is 137 Å². The van der Waals surface area contributed by atoms with E-state index in [9.17, 15) is 13.2 Å². The van der Waals surface area contributed by atoms with Crippen molar-refractivity contribution in [3.8, 4) is 0 Å². The number of amides is 1. The summed E-state index contributed by atoms with van der Waals surface area (Å²) < 4.78 is 26.2. The Morgan fingerprint density at radius 3 is 2.32 bits per heavy atom. The van der Waals surface area contributed by atoms with Crippen LogP contribution in [0.15, 0.2) is 29.2 Å². The highest BCUT2D eigenvalue weighted by atomic mass is 35.5. The van der Waals surface area contributed by atoms with E-state index in [-0.39, 0.29) is 18.3 Å². The van der Waals surface area contributed by atoms with Crippen LogP contribution in [0.5, 0.6) is 0 Å². The monoisotopic (exact) mass is 347 g/mol. The highest BCUT2D eigenvalue weighted by Crippen LogP contribution is 2.20. The van der Waals surface area contributed by atoms with Gasteiger partial charge in [-0.25, -0.2) is 8.42 Å². The zero-order chi connectivity index (χ0) is 15.5. The van der Waals surface area contributed by atoms with Crippen LogP contribution in [0.3, 0.4) is 0 Å². The molecule has 1 fully saturated rings. The maximum Gasteiger partial charge on any atom is 0.243 e. The lowest BCUT2D eigenvalue weighted by Crippen LogP contribution is -2.37. The number of hydrogen-bond donors (Lipinski definition) is 2. The van der Waals surface area contributed by atoms with Gasteiger partial charge in [-0.3, -0.25) is 4.79 Å². The van der Waals surface area contributed by atoms with Gasteiger partial charge < -0.3 is 11.1 Å². The van der Waals surface area contributed by atoms with Crippen molar-refractivity contribution >= 4 is 28.3 Å². The summed E-state index contributed by atoms with van der Waals surface area (Å²) in [6.45, 7) is 3.13. The maximum absolute atomic E-state index is 12.3. The minimum absolute atomic E-state index is 0. The lowest BCUT2D eigenvalue weighted by molar-refractivity contribution is -0.122. The van der Waals surface area contributed by atoms with E-state index >= 15 is 0 Å². The van der Waals surface area contributed by atoms with Gasteiger partial charge in [-0.2, -0.15) is 4.31 Å². The molecule has 1 aromatic carbocycles. The Hall–Kier alpha value is -1.15. The summed E-state index contributed by atoms with van der Waals surface area (Å²) in [7, 11) is -3.37. The molecular weight excluding hydrogens is 326 g/mol. The SMILES string of the molecule is C[C@H](N)C(=O)NCc1ccc(S(=O)(=O)N2CCCC2)cc1.Cl. The van der Waals surface area contributed by atoms with Crippen molar-refractivity contribution in [2.24, 2.45) is 5.73 Å². The second-order valence-corrected chi connectivity index (χ2v) is 7.20. The van der Waals surface area contributed by atoms with Gasteiger partial charge in [-0.15, -0.1) is 12.4 Å². The molecule has 0 spiro atoms. The molecule has 2 rings (SSSR count). The Balaban J connectivity index is 0.00000242. The fourth-order valence-corrected chi connectivity index (χ4v) is 3.72. The molecule has 0 aliphatic carbocycles. The Bertz CT molecular complexity index is 596. The molecule has 124 valence electrons. The maximum atomic E-state index is 12.3. The van der Waals surface area contributed by atoms with Crippen molar-refractivity contribution in [1.29, 1.82) is 0 Å². The van der Waals surface area contributed by atoms with Crippen molar-refractivity contribution in [3.05, 3.63) is 29.8 Å². The first-order valence-corrected chi connectivity index (χ1v) is 8.47. The van der Waals surface area contributed by atoms with Crippen LogP contribution in [0.2, 0.25) is 0 Å². The lowest BCUT2D eigenvalue weighted by Gasteiger charge is -2.15. The third-order valence-corrected chi connectivity index (χ3v) is 5.42. The first-order chi connectivity index (χ1) is 9.91. The zero-order valence-electron chi connectivity index (χ0n) is 12.5. The number of sulfonamides is 1. The molecule has 0 saturated carbocycles. The first-order valence-electron chi connectivity index (χ1n) is 7.03. The molecule has 0 aromatic heterocycles. The van der Waals surface area contributed by atoms with Crippen LogP contribution >= 0.6 is 12.4 Å². The second kappa shape index (κ2) is 7.92. The summed E-state index contributed by atoms with van der Waals surface area (Å²) in [5.41, 5.74) is 6.29. The molecule has 1 heterocycles. The van der Waals surface area contributed by atoms with Crippen LogP contribution in [-0.4, -0.2) is 37.8 Å². The van der Waals surface area contributed by atoms with Gasteiger partial charge in [0, 0.05) is 19.6 Å². The molecule has 0 bridgehead atoms. The van der Waals surface area contributed by atoms with Crippen molar-refractivity contribution in [2.45, 2.75) is 37.2 Å². The third-order valence-electron chi connectivity index (χ3n) is 3.51. The molecule has 1 amide bonds. The Morgan fingerprint density at radius 1 is 1.27 bits per heavy atom. The van der Waals surface area contributed by atoms with E-state index in [1.165, 1.54) is 4.31 Å².